The molecule has 0 unspecified atom stereocenters. The lowest BCUT2D eigenvalue weighted by atomic mass is 10.2. The summed E-state index contributed by atoms with van der Waals surface area (Å²) in [5, 5.41) is 12.0. The summed E-state index contributed by atoms with van der Waals surface area (Å²) in [4.78, 5) is 28.6. The average Bonchev–Trinajstić information content (AvgIpc) is 3.21. The fourth-order valence-electron chi connectivity index (χ4n) is 3.56. The second kappa shape index (κ2) is 9.43. The number of rotatable bonds is 6. The molecule has 0 saturated heterocycles. The van der Waals surface area contributed by atoms with Crippen LogP contribution < -0.4 is 10.2 Å². The first kappa shape index (κ1) is 23.7. The van der Waals surface area contributed by atoms with Crippen molar-refractivity contribution in [2.75, 3.05) is 10.2 Å². The van der Waals surface area contributed by atoms with E-state index in [4.69, 9.17) is 0 Å². The number of carbonyl (C=O) groups is 2. The van der Waals surface area contributed by atoms with Gasteiger partial charge in [0.15, 0.2) is 0 Å². The number of nitrogens with zero attached hydrogens (tertiary/aromatic N) is 3. The third-order valence-corrected chi connectivity index (χ3v) is 5.12. The Labute approximate surface area is 197 Å². The summed E-state index contributed by atoms with van der Waals surface area (Å²) in [7, 11) is 0. The van der Waals surface area contributed by atoms with E-state index in [2.05, 4.69) is 16.9 Å². The Morgan fingerprint density at radius 2 is 1.80 bits per heavy atom. The highest BCUT2D eigenvalue weighted by Crippen LogP contribution is 2.35. The summed E-state index contributed by atoms with van der Waals surface area (Å²) < 4.78 is 44.2. The molecule has 0 aliphatic heterocycles. The normalized spacial score (nSPS) is 11.3. The Morgan fingerprint density at radius 1 is 1.06 bits per heavy atom. The van der Waals surface area contributed by atoms with E-state index < -0.39 is 24.1 Å². The number of aliphatic hydroxyl groups excluding tert-OH is 1. The Morgan fingerprint density at radius 3 is 2.46 bits per heavy atom. The van der Waals surface area contributed by atoms with E-state index in [9.17, 15) is 27.9 Å². The van der Waals surface area contributed by atoms with Gasteiger partial charge in [-0.1, -0.05) is 36.9 Å². The average molecular weight is 480 g/mol. The summed E-state index contributed by atoms with van der Waals surface area (Å²) in [5.74, 6) is -2.50. The predicted octanol–water partition coefficient (Wildman–Crippen LogP) is 4.81. The van der Waals surface area contributed by atoms with Gasteiger partial charge in [-0.3, -0.25) is 14.2 Å². The molecule has 0 aliphatic rings. The fourth-order valence-corrected chi connectivity index (χ4v) is 3.56. The molecule has 4 rings (SSSR count). The zero-order valence-corrected chi connectivity index (χ0v) is 18.2. The van der Waals surface area contributed by atoms with Crippen LogP contribution in [-0.2, 0) is 11.4 Å². The molecular weight excluding hydrogens is 461 g/mol. The van der Waals surface area contributed by atoms with Crippen molar-refractivity contribution in [1.82, 2.24) is 9.55 Å². The van der Waals surface area contributed by atoms with E-state index in [0.29, 0.717) is 11.3 Å². The van der Waals surface area contributed by atoms with Crippen LogP contribution in [-0.4, -0.2) is 32.8 Å². The van der Waals surface area contributed by atoms with Crippen LogP contribution in [0.4, 0.5) is 24.8 Å². The second-order valence-electron chi connectivity index (χ2n) is 7.45. The molecule has 1 aromatic heterocycles. The molecular formula is C25H19F3N4O3. The molecule has 4 aromatic rings. The van der Waals surface area contributed by atoms with Gasteiger partial charge in [-0.2, -0.15) is 4.90 Å². The minimum absolute atomic E-state index is 0.141. The molecule has 3 aromatic carbocycles. The van der Waals surface area contributed by atoms with Crippen molar-refractivity contribution in [3.8, 4) is 5.69 Å². The van der Waals surface area contributed by atoms with Gasteiger partial charge in [0.25, 0.3) is 5.91 Å². The van der Waals surface area contributed by atoms with Gasteiger partial charge in [0.2, 0.25) is 11.9 Å². The summed E-state index contributed by atoms with van der Waals surface area (Å²) in [5.41, 5.74) is 1.19. The fraction of sp³-hybridized carbons (Fsp3) is 0.0800. The van der Waals surface area contributed by atoms with Crippen molar-refractivity contribution in [2.45, 2.75) is 12.9 Å². The van der Waals surface area contributed by atoms with E-state index in [-0.39, 0.29) is 33.8 Å². The Bertz CT molecular complexity index is 1410. The molecule has 35 heavy (non-hydrogen) atoms. The zero-order chi connectivity index (χ0) is 25.2. The van der Waals surface area contributed by atoms with Gasteiger partial charge < -0.3 is 10.4 Å². The van der Waals surface area contributed by atoms with Crippen LogP contribution in [0.1, 0.15) is 15.9 Å². The Kier molecular flexibility index (Phi) is 6.39. The number of halogens is 3. The number of hydrogen-bond donors (Lipinski definition) is 2. The molecule has 0 aliphatic carbocycles. The van der Waals surface area contributed by atoms with Crippen molar-refractivity contribution < 1.29 is 27.9 Å². The smallest absolute Gasteiger partial charge is 0.392 e. The second-order valence-corrected chi connectivity index (χ2v) is 7.45. The molecule has 7 nitrogen and oxygen atoms in total. The van der Waals surface area contributed by atoms with Crippen molar-refractivity contribution >= 4 is 34.5 Å². The zero-order valence-electron chi connectivity index (χ0n) is 18.2. The number of carbonyl (C=O) groups excluding carboxylic acids is 2. The molecule has 10 heteroatoms. The van der Waals surface area contributed by atoms with E-state index >= 15 is 0 Å². The minimum atomic E-state index is -5.11. The van der Waals surface area contributed by atoms with E-state index in [1.807, 2.05) is 0 Å². The van der Waals surface area contributed by atoms with E-state index in [1.54, 1.807) is 24.3 Å². The highest BCUT2D eigenvalue weighted by molar-refractivity contribution is 6.06. The maximum absolute atomic E-state index is 14.4. The molecule has 1 heterocycles. The quantitative estimate of drug-likeness (QED) is 0.306. The number of imidazole rings is 1. The van der Waals surface area contributed by atoms with Crippen molar-refractivity contribution in [3.05, 3.63) is 96.6 Å². The summed E-state index contributed by atoms with van der Waals surface area (Å²) in [6, 6.07) is 17.7. The number of aliphatic hydroxyl groups is 1. The lowest BCUT2D eigenvalue weighted by molar-refractivity contribution is -0.123. The highest BCUT2D eigenvalue weighted by atomic mass is 19.4. The first-order valence-corrected chi connectivity index (χ1v) is 10.4. The number of anilines is 2. The molecule has 0 spiro atoms. The third-order valence-electron chi connectivity index (χ3n) is 5.12. The Hall–Kier alpha value is -4.44. The molecule has 0 atom stereocenters. The predicted molar refractivity (Wildman–Crippen MR) is 125 cm³/mol. The summed E-state index contributed by atoms with van der Waals surface area (Å²) in [6.45, 7) is 3.04. The van der Waals surface area contributed by atoms with Crippen LogP contribution in [0.5, 0.6) is 0 Å². The van der Waals surface area contributed by atoms with Crippen LogP contribution in [0.15, 0.2) is 85.5 Å². The SMILES string of the molecule is C=CC(=O)Nc1cccc(-n2c(N(C(=O)c3ccccc3)C(F)(F)F)nc3cc(CO)ccc32)c1. The van der Waals surface area contributed by atoms with Gasteiger partial charge in [-0.05, 0) is 54.1 Å². The monoisotopic (exact) mass is 480 g/mol. The number of benzene rings is 3. The van der Waals surface area contributed by atoms with Gasteiger partial charge in [-0.15, -0.1) is 13.2 Å². The molecule has 0 fully saturated rings. The molecule has 2 amide bonds. The van der Waals surface area contributed by atoms with Crippen molar-refractivity contribution in [2.24, 2.45) is 0 Å². The summed E-state index contributed by atoms with van der Waals surface area (Å²) in [6.07, 6.45) is -4.05. The lowest BCUT2D eigenvalue weighted by Crippen LogP contribution is -2.44. The number of alkyl halides is 3. The maximum Gasteiger partial charge on any atom is 0.494 e. The first-order chi connectivity index (χ1) is 16.7. The van der Waals surface area contributed by atoms with Gasteiger partial charge in [0, 0.05) is 11.3 Å². The van der Waals surface area contributed by atoms with Gasteiger partial charge in [-0.25, -0.2) is 4.98 Å². The van der Waals surface area contributed by atoms with Crippen molar-refractivity contribution in [1.29, 1.82) is 0 Å². The molecule has 178 valence electrons. The minimum Gasteiger partial charge on any atom is -0.392 e. The van der Waals surface area contributed by atoms with Gasteiger partial charge in [0.05, 0.1) is 23.3 Å². The van der Waals surface area contributed by atoms with Gasteiger partial charge >= 0.3 is 6.30 Å². The number of amides is 2. The largest absolute Gasteiger partial charge is 0.494 e. The Balaban J connectivity index is 1.97. The molecule has 2 N–H and O–H groups in total. The van der Waals surface area contributed by atoms with Crippen LogP contribution in [0.25, 0.3) is 16.7 Å². The van der Waals surface area contributed by atoms with Gasteiger partial charge in [0.1, 0.15) is 0 Å². The topological polar surface area (TPSA) is 87.5 Å². The van der Waals surface area contributed by atoms with Crippen LogP contribution in [0.2, 0.25) is 0 Å². The highest BCUT2D eigenvalue weighted by Gasteiger charge is 2.45. The molecule has 0 saturated carbocycles. The number of nitrogens with one attached hydrogen (secondary N) is 1. The van der Waals surface area contributed by atoms with E-state index in [0.717, 1.165) is 6.08 Å². The van der Waals surface area contributed by atoms with Crippen LogP contribution in [0, 0.1) is 0 Å². The number of hydrogen-bond acceptors (Lipinski definition) is 4. The summed E-state index contributed by atoms with van der Waals surface area (Å²) >= 11 is 0. The van der Waals surface area contributed by atoms with E-state index in [1.165, 1.54) is 53.1 Å². The standard InChI is InChI=1S/C25H19F3N4O3/c1-2-22(34)29-18-9-6-10-19(14-18)31-21-12-11-16(15-33)13-20(21)30-24(31)32(25(26,27)28)23(35)17-7-4-3-5-8-17/h2-14,33H,1,15H2,(H,29,34). The molecule has 0 bridgehead atoms. The number of aromatic nitrogens is 2. The van der Waals surface area contributed by atoms with Crippen molar-refractivity contribution in [3.63, 3.8) is 0 Å². The van der Waals surface area contributed by atoms with Crippen LogP contribution >= 0.6 is 0 Å². The first-order valence-electron chi connectivity index (χ1n) is 10.4. The number of fused-ring (bicyclic) bond motifs is 1. The lowest BCUT2D eigenvalue weighted by Gasteiger charge is -2.25. The van der Waals surface area contributed by atoms with Crippen LogP contribution in [0.3, 0.4) is 0 Å². The maximum atomic E-state index is 14.4. The molecule has 0 radical (unpaired) electrons. The third kappa shape index (κ3) is 4.78.